The Balaban J connectivity index is 2.15. The van der Waals surface area contributed by atoms with Crippen molar-refractivity contribution in [3.63, 3.8) is 0 Å². The number of rotatable bonds is 4. The van der Waals surface area contributed by atoms with Gasteiger partial charge in [0.25, 0.3) is 0 Å². The molecule has 1 unspecified atom stereocenters. The summed E-state index contributed by atoms with van der Waals surface area (Å²) in [4.78, 5) is 4.69. The summed E-state index contributed by atoms with van der Waals surface area (Å²) in [5.74, 6) is 0.963. The molecule has 0 saturated heterocycles. The van der Waals surface area contributed by atoms with Crippen molar-refractivity contribution < 1.29 is 4.74 Å². The number of imidazole rings is 1. The second-order valence-electron chi connectivity index (χ2n) is 4.91. The van der Waals surface area contributed by atoms with Crippen LogP contribution in [0, 0.1) is 0 Å². The van der Waals surface area contributed by atoms with Crippen LogP contribution in [0.2, 0.25) is 0 Å². The van der Waals surface area contributed by atoms with E-state index in [1.807, 2.05) is 18.2 Å². The molecule has 0 bridgehead atoms. The molecule has 0 saturated carbocycles. The number of methoxy groups -OCH3 is 1. The molecule has 20 heavy (non-hydrogen) atoms. The zero-order valence-electron chi connectivity index (χ0n) is 11.8. The van der Waals surface area contributed by atoms with Crippen LogP contribution in [0.4, 0.5) is 0 Å². The summed E-state index contributed by atoms with van der Waals surface area (Å²) in [5.41, 5.74) is 3.44. The fraction of sp³-hybridized carbons (Fsp3) is 0.235. The van der Waals surface area contributed by atoms with E-state index in [0.29, 0.717) is 6.61 Å². The molecule has 2 aromatic carbocycles. The molecule has 1 aromatic heterocycles. The van der Waals surface area contributed by atoms with Gasteiger partial charge in [-0.05, 0) is 24.6 Å². The number of benzene rings is 2. The molecule has 0 amide bonds. The topological polar surface area (TPSA) is 27.1 Å². The minimum absolute atomic E-state index is 0.230. The van der Waals surface area contributed by atoms with E-state index in [0.717, 1.165) is 16.9 Å². The first kappa shape index (κ1) is 12.9. The van der Waals surface area contributed by atoms with Gasteiger partial charge in [-0.25, -0.2) is 4.98 Å². The summed E-state index contributed by atoms with van der Waals surface area (Å²) >= 11 is 0. The molecule has 0 fully saturated rings. The van der Waals surface area contributed by atoms with E-state index in [9.17, 15) is 0 Å². The third-order valence-electron chi connectivity index (χ3n) is 3.61. The predicted octanol–water partition coefficient (Wildman–Crippen LogP) is 3.79. The van der Waals surface area contributed by atoms with Crippen LogP contribution in [0.1, 0.15) is 24.4 Å². The van der Waals surface area contributed by atoms with Gasteiger partial charge in [-0.1, -0.05) is 42.5 Å². The van der Waals surface area contributed by atoms with Gasteiger partial charge in [0.05, 0.1) is 17.1 Å². The van der Waals surface area contributed by atoms with Crippen molar-refractivity contribution in [3.8, 4) is 0 Å². The SMILES string of the molecule is COCc1nc2ccccc2n1C(C)c1ccccc1. The Morgan fingerprint density at radius 1 is 1.05 bits per heavy atom. The number of aromatic nitrogens is 2. The minimum atomic E-state index is 0.230. The summed E-state index contributed by atoms with van der Waals surface area (Å²) in [6.45, 7) is 2.72. The lowest BCUT2D eigenvalue weighted by atomic mass is 10.1. The highest BCUT2D eigenvalue weighted by molar-refractivity contribution is 5.76. The maximum Gasteiger partial charge on any atom is 0.136 e. The maximum absolute atomic E-state index is 5.30. The Hall–Kier alpha value is -2.13. The van der Waals surface area contributed by atoms with Crippen LogP contribution in [-0.2, 0) is 11.3 Å². The number of para-hydroxylation sites is 2. The second-order valence-corrected chi connectivity index (χ2v) is 4.91. The highest BCUT2D eigenvalue weighted by Crippen LogP contribution is 2.26. The highest BCUT2D eigenvalue weighted by Gasteiger charge is 2.16. The molecule has 1 heterocycles. The minimum Gasteiger partial charge on any atom is -0.377 e. The largest absolute Gasteiger partial charge is 0.377 e. The van der Waals surface area contributed by atoms with Gasteiger partial charge in [-0.15, -0.1) is 0 Å². The summed E-state index contributed by atoms with van der Waals surface area (Å²) in [7, 11) is 1.71. The van der Waals surface area contributed by atoms with E-state index in [2.05, 4.69) is 52.9 Å². The Morgan fingerprint density at radius 2 is 1.75 bits per heavy atom. The molecule has 3 heteroatoms. The number of fused-ring (bicyclic) bond motifs is 1. The van der Waals surface area contributed by atoms with Gasteiger partial charge < -0.3 is 9.30 Å². The lowest BCUT2D eigenvalue weighted by molar-refractivity contribution is 0.174. The molecule has 0 radical (unpaired) electrons. The monoisotopic (exact) mass is 266 g/mol. The molecule has 102 valence electrons. The van der Waals surface area contributed by atoms with Crippen molar-refractivity contribution in [2.75, 3.05) is 7.11 Å². The lowest BCUT2D eigenvalue weighted by Gasteiger charge is -2.18. The number of hydrogen-bond acceptors (Lipinski definition) is 2. The van der Waals surface area contributed by atoms with Crippen LogP contribution in [0.15, 0.2) is 54.6 Å². The fourth-order valence-corrected chi connectivity index (χ4v) is 2.64. The second kappa shape index (κ2) is 5.47. The van der Waals surface area contributed by atoms with Crippen molar-refractivity contribution in [2.45, 2.75) is 19.6 Å². The fourth-order valence-electron chi connectivity index (χ4n) is 2.64. The normalized spacial score (nSPS) is 12.7. The first-order chi connectivity index (χ1) is 9.81. The summed E-state index contributed by atoms with van der Waals surface area (Å²) in [5, 5.41) is 0. The van der Waals surface area contributed by atoms with E-state index in [-0.39, 0.29) is 6.04 Å². The number of nitrogens with zero attached hydrogens (tertiary/aromatic N) is 2. The van der Waals surface area contributed by atoms with Gasteiger partial charge in [-0.3, -0.25) is 0 Å². The van der Waals surface area contributed by atoms with Crippen LogP contribution in [-0.4, -0.2) is 16.7 Å². The average molecular weight is 266 g/mol. The molecule has 3 rings (SSSR count). The zero-order valence-corrected chi connectivity index (χ0v) is 11.8. The van der Waals surface area contributed by atoms with Crippen LogP contribution in [0.25, 0.3) is 11.0 Å². The Morgan fingerprint density at radius 3 is 2.50 bits per heavy atom. The van der Waals surface area contributed by atoms with Gasteiger partial charge >= 0.3 is 0 Å². The standard InChI is InChI=1S/C17H18N2O/c1-13(14-8-4-3-5-9-14)19-16-11-7-6-10-15(16)18-17(19)12-20-2/h3-11,13H,12H2,1-2H3. The molecule has 1 atom stereocenters. The highest BCUT2D eigenvalue weighted by atomic mass is 16.5. The van der Waals surface area contributed by atoms with Crippen LogP contribution >= 0.6 is 0 Å². The van der Waals surface area contributed by atoms with Gasteiger partial charge in [0.1, 0.15) is 12.4 Å². The molecular formula is C17H18N2O. The van der Waals surface area contributed by atoms with E-state index in [4.69, 9.17) is 4.74 Å². The first-order valence-electron chi connectivity index (χ1n) is 6.81. The third kappa shape index (κ3) is 2.21. The van der Waals surface area contributed by atoms with E-state index >= 15 is 0 Å². The average Bonchev–Trinajstić information content (AvgIpc) is 2.86. The quantitative estimate of drug-likeness (QED) is 0.718. The summed E-state index contributed by atoms with van der Waals surface area (Å²) < 4.78 is 7.56. The summed E-state index contributed by atoms with van der Waals surface area (Å²) in [6, 6.07) is 18.9. The van der Waals surface area contributed by atoms with Crippen molar-refractivity contribution in [3.05, 3.63) is 66.0 Å². The van der Waals surface area contributed by atoms with Gasteiger partial charge in [-0.2, -0.15) is 0 Å². The number of hydrogen-bond donors (Lipinski definition) is 0. The Bertz CT molecular complexity index is 703. The molecule has 0 spiro atoms. The van der Waals surface area contributed by atoms with E-state index in [1.165, 1.54) is 5.56 Å². The first-order valence-corrected chi connectivity index (χ1v) is 6.81. The van der Waals surface area contributed by atoms with E-state index in [1.54, 1.807) is 7.11 Å². The molecule has 3 aromatic rings. The molecule has 3 nitrogen and oxygen atoms in total. The smallest absolute Gasteiger partial charge is 0.136 e. The predicted molar refractivity (Wildman–Crippen MR) is 80.7 cm³/mol. The van der Waals surface area contributed by atoms with E-state index < -0.39 is 0 Å². The lowest BCUT2D eigenvalue weighted by Crippen LogP contribution is -2.11. The van der Waals surface area contributed by atoms with Gasteiger partial charge in [0, 0.05) is 7.11 Å². The van der Waals surface area contributed by atoms with Crippen molar-refractivity contribution >= 4 is 11.0 Å². The van der Waals surface area contributed by atoms with Crippen LogP contribution in [0.5, 0.6) is 0 Å². The molecule has 0 aliphatic heterocycles. The maximum atomic E-state index is 5.30. The van der Waals surface area contributed by atoms with Crippen molar-refractivity contribution in [2.24, 2.45) is 0 Å². The van der Waals surface area contributed by atoms with Gasteiger partial charge in [0.15, 0.2) is 0 Å². The molecule has 0 aliphatic rings. The van der Waals surface area contributed by atoms with Crippen LogP contribution in [0.3, 0.4) is 0 Å². The van der Waals surface area contributed by atoms with Crippen molar-refractivity contribution in [1.29, 1.82) is 0 Å². The number of ether oxygens (including phenoxy) is 1. The Labute approximate surface area is 118 Å². The van der Waals surface area contributed by atoms with Gasteiger partial charge in [0.2, 0.25) is 0 Å². The van der Waals surface area contributed by atoms with Crippen molar-refractivity contribution in [1.82, 2.24) is 9.55 Å². The molecule has 0 N–H and O–H groups in total. The Kier molecular flexibility index (Phi) is 3.52. The zero-order chi connectivity index (χ0) is 13.9. The molecular weight excluding hydrogens is 248 g/mol. The summed E-state index contributed by atoms with van der Waals surface area (Å²) in [6.07, 6.45) is 0. The third-order valence-corrected chi connectivity index (χ3v) is 3.61. The van der Waals surface area contributed by atoms with Crippen LogP contribution < -0.4 is 0 Å². The molecule has 0 aliphatic carbocycles.